The number of hydrogen-bond acceptors (Lipinski definition) is 4. The summed E-state index contributed by atoms with van der Waals surface area (Å²) in [6, 6.07) is 14.2. The van der Waals surface area contributed by atoms with Gasteiger partial charge in [-0.2, -0.15) is 5.26 Å². The second-order valence-corrected chi connectivity index (χ2v) is 8.41. The van der Waals surface area contributed by atoms with Crippen LogP contribution in [0, 0.1) is 11.3 Å². The highest BCUT2D eigenvalue weighted by Gasteiger charge is 2.23. The molecule has 0 spiro atoms. The standard InChI is InChI=1S/C23H25N5/c1-23(2,3)22-25-14-18-15-27(11-9-21(18)26-22)16-20-8-5-10-28(20)19-7-4-6-17(12-19)13-24/h4-8,10,12,14H,9,11,15-16H2,1-3H3. The smallest absolute Gasteiger partial charge is 0.133 e. The Labute approximate surface area is 166 Å². The summed E-state index contributed by atoms with van der Waals surface area (Å²) in [4.78, 5) is 11.9. The van der Waals surface area contributed by atoms with Crippen LogP contribution in [0.1, 0.15) is 49.1 Å². The van der Waals surface area contributed by atoms with Crippen molar-refractivity contribution < 1.29 is 0 Å². The molecule has 1 aromatic carbocycles. The van der Waals surface area contributed by atoms with Crippen LogP contribution in [0.5, 0.6) is 0 Å². The fourth-order valence-electron chi connectivity index (χ4n) is 3.62. The summed E-state index contributed by atoms with van der Waals surface area (Å²) < 4.78 is 2.16. The van der Waals surface area contributed by atoms with E-state index in [-0.39, 0.29) is 5.41 Å². The van der Waals surface area contributed by atoms with Crippen molar-refractivity contribution in [2.45, 2.75) is 45.7 Å². The Morgan fingerprint density at radius 2 is 2.04 bits per heavy atom. The minimum Gasteiger partial charge on any atom is -0.320 e. The Kier molecular flexibility index (Phi) is 4.74. The molecule has 0 saturated heterocycles. The first kappa shape index (κ1) is 18.4. The summed E-state index contributed by atoms with van der Waals surface area (Å²) in [6.45, 7) is 9.16. The molecular weight excluding hydrogens is 346 g/mol. The van der Waals surface area contributed by atoms with Gasteiger partial charge in [-0.05, 0) is 30.3 Å². The zero-order valence-electron chi connectivity index (χ0n) is 16.7. The van der Waals surface area contributed by atoms with Crippen molar-refractivity contribution in [1.82, 2.24) is 19.4 Å². The third kappa shape index (κ3) is 3.69. The lowest BCUT2D eigenvalue weighted by atomic mass is 9.95. The van der Waals surface area contributed by atoms with E-state index >= 15 is 0 Å². The molecule has 0 unspecified atom stereocenters. The van der Waals surface area contributed by atoms with Crippen molar-refractivity contribution in [3.63, 3.8) is 0 Å². The van der Waals surface area contributed by atoms with Crippen LogP contribution in [-0.4, -0.2) is 26.0 Å². The summed E-state index contributed by atoms with van der Waals surface area (Å²) in [6.07, 6.45) is 5.01. The van der Waals surface area contributed by atoms with Gasteiger partial charge in [0.25, 0.3) is 0 Å². The van der Waals surface area contributed by atoms with Gasteiger partial charge in [-0.25, -0.2) is 9.97 Å². The van der Waals surface area contributed by atoms with Crippen LogP contribution in [0.3, 0.4) is 0 Å². The van der Waals surface area contributed by atoms with Gasteiger partial charge < -0.3 is 4.57 Å². The first-order chi connectivity index (χ1) is 13.4. The number of aromatic nitrogens is 3. The third-order valence-corrected chi connectivity index (χ3v) is 5.16. The van der Waals surface area contributed by atoms with Crippen molar-refractivity contribution in [1.29, 1.82) is 5.26 Å². The van der Waals surface area contributed by atoms with E-state index in [9.17, 15) is 5.26 Å². The van der Waals surface area contributed by atoms with Crippen LogP contribution in [-0.2, 0) is 24.9 Å². The topological polar surface area (TPSA) is 57.7 Å². The van der Waals surface area contributed by atoms with Crippen molar-refractivity contribution in [3.8, 4) is 11.8 Å². The van der Waals surface area contributed by atoms with Gasteiger partial charge in [-0.3, -0.25) is 4.90 Å². The molecule has 0 atom stereocenters. The molecular formula is C23H25N5. The largest absolute Gasteiger partial charge is 0.320 e. The number of benzene rings is 1. The zero-order chi connectivity index (χ0) is 19.7. The second-order valence-electron chi connectivity index (χ2n) is 8.41. The quantitative estimate of drug-likeness (QED) is 0.698. The molecule has 5 nitrogen and oxygen atoms in total. The van der Waals surface area contributed by atoms with E-state index in [2.05, 4.69) is 59.6 Å². The van der Waals surface area contributed by atoms with Crippen LogP contribution in [0.15, 0.2) is 48.8 Å². The van der Waals surface area contributed by atoms with Crippen molar-refractivity contribution in [3.05, 3.63) is 77.1 Å². The highest BCUT2D eigenvalue weighted by molar-refractivity contribution is 5.42. The van der Waals surface area contributed by atoms with Crippen molar-refractivity contribution in [2.75, 3.05) is 6.54 Å². The highest BCUT2D eigenvalue weighted by atomic mass is 15.2. The van der Waals surface area contributed by atoms with Crippen molar-refractivity contribution >= 4 is 0 Å². The van der Waals surface area contributed by atoms with Gasteiger partial charge in [0.05, 0.1) is 11.6 Å². The Morgan fingerprint density at radius 3 is 2.82 bits per heavy atom. The predicted molar refractivity (Wildman–Crippen MR) is 109 cm³/mol. The molecule has 1 aliphatic heterocycles. The Balaban J connectivity index is 1.53. The predicted octanol–water partition coefficient (Wildman–Crippen LogP) is 3.99. The van der Waals surface area contributed by atoms with Crippen LogP contribution in [0.4, 0.5) is 0 Å². The summed E-state index contributed by atoms with van der Waals surface area (Å²) in [5.74, 6) is 0.922. The molecule has 142 valence electrons. The minimum atomic E-state index is -0.0229. The fraction of sp³-hybridized carbons (Fsp3) is 0.348. The summed E-state index contributed by atoms with van der Waals surface area (Å²) in [7, 11) is 0. The third-order valence-electron chi connectivity index (χ3n) is 5.16. The van der Waals surface area contributed by atoms with E-state index in [0.29, 0.717) is 5.56 Å². The molecule has 0 fully saturated rings. The van der Waals surface area contributed by atoms with E-state index in [1.807, 2.05) is 30.5 Å². The van der Waals surface area contributed by atoms with E-state index < -0.39 is 0 Å². The number of nitriles is 1. The Hall–Kier alpha value is -2.97. The molecule has 1 aliphatic rings. The normalized spacial score (nSPS) is 14.5. The molecule has 0 amide bonds. The lowest BCUT2D eigenvalue weighted by Crippen LogP contribution is -2.32. The lowest BCUT2D eigenvalue weighted by Gasteiger charge is -2.29. The van der Waals surface area contributed by atoms with Crippen LogP contribution < -0.4 is 0 Å². The highest BCUT2D eigenvalue weighted by Crippen LogP contribution is 2.24. The number of rotatable bonds is 3. The SMILES string of the molecule is CC(C)(C)c1ncc2c(n1)CCN(Cc1cccn1-c1cccc(C#N)c1)C2. The van der Waals surface area contributed by atoms with Gasteiger partial charge in [-0.1, -0.05) is 26.8 Å². The first-order valence-corrected chi connectivity index (χ1v) is 9.68. The Bertz CT molecular complexity index is 1040. The van der Waals surface area contributed by atoms with Crippen LogP contribution >= 0.6 is 0 Å². The fourth-order valence-corrected chi connectivity index (χ4v) is 3.62. The molecule has 28 heavy (non-hydrogen) atoms. The van der Waals surface area contributed by atoms with Crippen LogP contribution in [0.25, 0.3) is 5.69 Å². The molecule has 0 radical (unpaired) electrons. The summed E-state index contributed by atoms with van der Waals surface area (Å²) in [5, 5.41) is 9.17. The molecule has 4 rings (SSSR count). The second kappa shape index (κ2) is 7.21. The van der Waals surface area contributed by atoms with E-state index in [1.54, 1.807) is 0 Å². The van der Waals surface area contributed by atoms with Gasteiger partial charge >= 0.3 is 0 Å². The van der Waals surface area contributed by atoms with Crippen LogP contribution in [0.2, 0.25) is 0 Å². The van der Waals surface area contributed by atoms with Crippen molar-refractivity contribution in [2.24, 2.45) is 0 Å². The van der Waals surface area contributed by atoms with Gasteiger partial charge in [0, 0.05) is 66.5 Å². The maximum absolute atomic E-state index is 9.17. The molecule has 0 saturated carbocycles. The van der Waals surface area contributed by atoms with E-state index in [1.165, 1.54) is 17.0 Å². The monoisotopic (exact) mass is 371 g/mol. The van der Waals surface area contributed by atoms with Gasteiger partial charge in [-0.15, -0.1) is 0 Å². The number of hydrogen-bond donors (Lipinski definition) is 0. The molecule has 5 heteroatoms. The minimum absolute atomic E-state index is 0.0229. The first-order valence-electron chi connectivity index (χ1n) is 9.68. The molecule has 0 aliphatic carbocycles. The van der Waals surface area contributed by atoms with Gasteiger partial charge in [0.2, 0.25) is 0 Å². The summed E-state index contributed by atoms with van der Waals surface area (Å²) in [5.41, 5.74) is 5.30. The maximum Gasteiger partial charge on any atom is 0.133 e. The van der Waals surface area contributed by atoms with E-state index in [4.69, 9.17) is 4.98 Å². The average molecular weight is 371 g/mol. The molecule has 3 heterocycles. The summed E-state index contributed by atoms with van der Waals surface area (Å²) >= 11 is 0. The van der Waals surface area contributed by atoms with Gasteiger partial charge in [0.1, 0.15) is 5.82 Å². The maximum atomic E-state index is 9.17. The zero-order valence-corrected chi connectivity index (χ0v) is 16.7. The van der Waals surface area contributed by atoms with E-state index in [0.717, 1.165) is 37.6 Å². The average Bonchev–Trinajstić information content (AvgIpc) is 3.15. The molecule has 0 N–H and O–H groups in total. The number of fused-ring (bicyclic) bond motifs is 1. The number of nitrogens with zero attached hydrogens (tertiary/aromatic N) is 5. The Morgan fingerprint density at radius 1 is 1.18 bits per heavy atom. The van der Waals surface area contributed by atoms with Gasteiger partial charge in [0.15, 0.2) is 0 Å². The molecule has 2 aromatic heterocycles. The molecule has 3 aromatic rings. The molecule has 0 bridgehead atoms. The lowest BCUT2D eigenvalue weighted by molar-refractivity contribution is 0.238.